The molecule has 2 amide bonds. The topological polar surface area (TPSA) is 100 Å². The lowest BCUT2D eigenvalue weighted by Crippen LogP contribution is -2.38. The number of anilines is 1. The predicted molar refractivity (Wildman–Crippen MR) is 135 cm³/mol. The molecule has 0 saturated carbocycles. The van der Waals surface area contributed by atoms with E-state index in [1.165, 1.54) is 0 Å². The summed E-state index contributed by atoms with van der Waals surface area (Å²) in [5, 5.41) is 10.0. The van der Waals surface area contributed by atoms with Crippen LogP contribution >= 0.6 is 0 Å². The third-order valence-electron chi connectivity index (χ3n) is 6.42. The molecule has 1 fully saturated rings. The number of rotatable bonds is 9. The first-order valence-electron chi connectivity index (χ1n) is 12.3. The maximum atomic E-state index is 13.0. The monoisotopic (exact) mass is 475 g/mol. The highest BCUT2D eigenvalue weighted by Gasteiger charge is 2.27. The minimum absolute atomic E-state index is 0.0434. The summed E-state index contributed by atoms with van der Waals surface area (Å²) in [6, 6.07) is 15.1. The van der Waals surface area contributed by atoms with Crippen LogP contribution in [0.3, 0.4) is 0 Å². The van der Waals surface area contributed by atoms with E-state index < -0.39 is 0 Å². The summed E-state index contributed by atoms with van der Waals surface area (Å²) in [5.41, 5.74) is 3.13. The van der Waals surface area contributed by atoms with Crippen molar-refractivity contribution >= 4 is 17.5 Å². The fourth-order valence-corrected chi connectivity index (χ4v) is 4.30. The summed E-state index contributed by atoms with van der Waals surface area (Å²) in [6.45, 7) is 6.82. The van der Waals surface area contributed by atoms with Crippen LogP contribution in [0.1, 0.15) is 54.4 Å². The van der Waals surface area contributed by atoms with Gasteiger partial charge in [-0.25, -0.2) is 0 Å². The van der Waals surface area contributed by atoms with E-state index in [1.54, 1.807) is 12.1 Å². The lowest BCUT2D eigenvalue weighted by molar-refractivity contribution is -0.121. The highest BCUT2D eigenvalue weighted by atomic mass is 16.5. The Hall–Kier alpha value is -3.52. The SMILES string of the molecule is CCCCNC(=O)c1ccccc1NC(=O)C1CCN(Cc2nc(-c3ccccc3C)no2)CC1. The van der Waals surface area contributed by atoms with Gasteiger partial charge >= 0.3 is 0 Å². The molecule has 1 aliphatic rings. The average molecular weight is 476 g/mol. The van der Waals surface area contributed by atoms with Crippen molar-refractivity contribution in [2.45, 2.75) is 46.1 Å². The number of carbonyl (C=O) groups excluding carboxylic acids is 2. The van der Waals surface area contributed by atoms with Crippen molar-refractivity contribution in [2.24, 2.45) is 5.92 Å². The first-order valence-corrected chi connectivity index (χ1v) is 12.3. The molecule has 1 saturated heterocycles. The number of hydrogen-bond donors (Lipinski definition) is 2. The van der Waals surface area contributed by atoms with Gasteiger partial charge in [-0.3, -0.25) is 14.5 Å². The average Bonchev–Trinajstić information content (AvgIpc) is 3.33. The molecule has 2 heterocycles. The van der Waals surface area contributed by atoms with Crippen LogP contribution in [0.5, 0.6) is 0 Å². The first kappa shape index (κ1) is 24.6. The lowest BCUT2D eigenvalue weighted by Gasteiger charge is -2.30. The number of para-hydroxylation sites is 1. The largest absolute Gasteiger partial charge is 0.352 e. The van der Waals surface area contributed by atoms with Gasteiger partial charge in [-0.15, -0.1) is 0 Å². The molecule has 0 spiro atoms. The highest BCUT2D eigenvalue weighted by molar-refractivity contribution is 6.04. The maximum Gasteiger partial charge on any atom is 0.253 e. The Labute approximate surface area is 206 Å². The number of amides is 2. The minimum Gasteiger partial charge on any atom is -0.352 e. The van der Waals surface area contributed by atoms with Crippen molar-refractivity contribution < 1.29 is 14.1 Å². The van der Waals surface area contributed by atoms with E-state index in [-0.39, 0.29) is 17.7 Å². The van der Waals surface area contributed by atoms with Crippen LogP contribution in [0.4, 0.5) is 5.69 Å². The van der Waals surface area contributed by atoms with Crippen molar-refractivity contribution in [1.29, 1.82) is 0 Å². The number of nitrogens with one attached hydrogen (secondary N) is 2. The van der Waals surface area contributed by atoms with Crippen LogP contribution in [-0.4, -0.2) is 46.5 Å². The van der Waals surface area contributed by atoms with Crippen LogP contribution in [-0.2, 0) is 11.3 Å². The van der Waals surface area contributed by atoms with Gasteiger partial charge in [0.15, 0.2) is 0 Å². The van der Waals surface area contributed by atoms with Gasteiger partial charge in [0.1, 0.15) is 0 Å². The summed E-state index contributed by atoms with van der Waals surface area (Å²) in [6.07, 6.45) is 3.40. The van der Waals surface area contributed by atoms with Crippen LogP contribution in [0, 0.1) is 12.8 Å². The number of hydrogen-bond acceptors (Lipinski definition) is 6. The maximum absolute atomic E-state index is 13.0. The number of carbonyl (C=O) groups is 2. The fourth-order valence-electron chi connectivity index (χ4n) is 4.30. The van der Waals surface area contributed by atoms with Gasteiger partial charge in [0.25, 0.3) is 5.91 Å². The second-order valence-electron chi connectivity index (χ2n) is 9.02. The van der Waals surface area contributed by atoms with E-state index in [0.29, 0.717) is 36.1 Å². The van der Waals surface area contributed by atoms with E-state index in [1.807, 2.05) is 43.3 Å². The predicted octanol–water partition coefficient (Wildman–Crippen LogP) is 4.43. The molecular formula is C27H33N5O3. The Morgan fingerprint density at radius 2 is 1.83 bits per heavy atom. The van der Waals surface area contributed by atoms with E-state index in [4.69, 9.17) is 4.52 Å². The van der Waals surface area contributed by atoms with Crippen LogP contribution in [0.2, 0.25) is 0 Å². The van der Waals surface area contributed by atoms with Gasteiger partial charge in [-0.2, -0.15) is 4.98 Å². The number of aromatic nitrogens is 2. The second kappa shape index (κ2) is 11.8. The molecule has 1 aliphatic heterocycles. The minimum atomic E-state index is -0.159. The Balaban J connectivity index is 1.29. The van der Waals surface area contributed by atoms with Crippen molar-refractivity contribution in [3.05, 3.63) is 65.5 Å². The Morgan fingerprint density at radius 3 is 2.60 bits per heavy atom. The summed E-state index contributed by atoms with van der Waals surface area (Å²) in [7, 11) is 0. The molecule has 0 aliphatic carbocycles. The van der Waals surface area contributed by atoms with Crippen LogP contribution in [0.15, 0.2) is 53.1 Å². The van der Waals surface area contributed by atoms with E-state index in [0.717, 1.165) is 49.9 Å². The van der Waals surface area contributed by atoms with Crippen molar-refractivity contribution in [3.8, 4) is 11.4 Å². The molecule has 8 nitrogen and oxygen atoms in total. The number of nitrogens with zero attached hydrogens (tertiary/aromatic N) is 3. The Kier molecular flexibility index (Phi) is 8.26. The van der Waals surface area contributed by atoms with E-state index in [9.17, 15) is 9.59 Å². The number of likely N-dealkylation sites (tertiary alicyclic amines) is 1. The van der Waals surface area contributed by atoms with Gasteiger partial charge in [0, 0.05) is 18.0 Å². The molecule has 1 aromatic heterocycles. The highest BCUT2D eigenvalue weighted by Crippen LogP contribution is 2.24. The smallest absolute Gasteiger partial charge is 0.253 e. The molecule has 2 aromatic carbocycles. The molecule has 0 unspecified atom stereocenters. The van der Waals surface area contributed by atoms with Crippen LogP contribution in [0.25, 0.3) is 11.4 Å². The van der Waals surface area contributed by atoms with Crippen molar-refractivity contribution in [2.75, 3.05) is 25.0 Å². The fraction of sp³-hybridized carbons (Fsp3) is 0.407. The van der Waals surface area contributed by atoms with Gasteiger partial charge in [0.05, 0.1) is 17.8 Å². The van der Waals surface area contributed by atoms with Crippen molar-refractivity contribution in [1.82, 2.24) is 20.4 Å². The third-order valence-corrected chi connectivity index (χ3v) is 6.42. The van der Waals surface area contributed by atoms with Crippen molar-refractivity contribution in [3.63, 3.8) is 0 Å². The number of aryl methyl sites for hydroxylation is 1. The molecule has 2 N–H and O–H groups in total. The number of piperidine rings is 1. The zero-order valence-electron chi connectivity index (χ0n) is 20.4. The normalized spacial score (nSPS) is 14.6. The molecule has 0 atom stereocenters. The third kappa shape index (κ3) is 6.33. The quantitative estimate of drug-likeness (QED) is 0.444. The molecule has 35 heavy (non-hydrogen) atoms. The second-order valence-corrected chi connectivity index (χ2v) is 9.02. The summed E-state index contributed by atoms with van der Waals surface area (Å²) >= 11 is 0. The zero-order valence-corrected chi connectivity index (χ0v) is 20.4. The van der Waals surface area contributed by atoms with E-state index in [2.05, 4.69) is 32.6 Å². The molecule has 8 heteroatoms. The molecule has 3 aromatic rings. The Morgan fingerprint density at radius 1 is 1.09 bits per heavy atom. The number of benzene rings is 2. The molecule has 184 valence electrons. The van der Waals surface area contributed by atoms with Crippen LogP contribution < -0.4 is 10.6 Å². The first-order chi connectivity index (χ1) is 17.0. The van der Waals surface area contributed by atoms with Gasteiger partial charge in [-0.1, -0.05) is 54.9 Å². The molecule has 0 bridgehead atoms. The lowest BCUT2D eigenvalue weighted by atomic mass is 9.95. The van der Waals surface area contributed by atoms with E-state index >= 15 is 0 Å². The summed E-state index contributed by atoms with van der Waals surface area (Å²) in [5.74, 6) is 0.874. The Bertz CT molecular complexity index is 1150. The zero-order chi connectivity index (χ0) is 24.6. The molecule has 0 radical (unpaired) electrons. The summed E-state index contributed by atoms with van der Waals surface area (Å²) < 4.78 is 5.48. The van der Waals surface area contributed by atoms with Gasteiger partial charge in [-0.05, 0) is 57.0 Å². The van der Waals surface area contributed by atoms with Gasteiger partial charge < -0.3 is 15.2 Å². The molecular weight excluding hydrogens is 442 g/mol. The molecule has 4 rings (SSSR count). The number of unbranched alkanes of at least 4 members (excludes halogenated alkanes) is 1. The van der Waals surface area contributed by atoms with Gasteiger partial charge in [0.2, 0.25) is 17.6 Å². The standard InChI is InChI=1S/C27H33N5O3/c1-3-4-15-28-27(34)22-11-7-8-12-23(22)29-26(33)20-13-16-32(17-14-20)18-24-30-25(31-35-24)21-10-6-5-9-19(21)2/h5-12,20H,3-4,13-18H2,1-2H3,(H,28,34)(H,29,33). The summed E-state index contributed by atoms with van der Waals surface area (Å²) in [4.78, 5) is 32.3.